The largest absolute Gasteiger partial charge is 0.481 e. The molecule has 0 aliphatic rings. The highest BCUT2D eigenvalue weighted by Gasteiger charge is 2.33. The van der Waals surface area contributed by atoms with Gasteiger partial charge in [-0.05, 0) is 29.5 Å². The molecule has 47 heavy (non-hydrogen) atoms. The molecule has 0 aliphatic heterocycles. The van der Waals surface area contributed by atoms with Crippen LogP contribution < -0.4 is 32.7 Å². The maximum atomic E-state index is 13.4. The summed E-state index contributed by atoms with van der Waals surface area (Å²) in [6, 6.07) is 10.1. The number of fused-ring (bicyclic) bond motifs is 1. The smallest absolute Gasteiger partial charge is 0.305 e. The van der Waals surface area contributed by atoms with Crippen molar-refractivity contribution in [2.45, 2.75) is 63.3 Å². The topological polar surface area (TPSA) is 239 Å². The SMILES string of the molecule is CC(C)[C@H](NC(=O)[C@H](N)Cc1c[nH]c2ccccc12)C(=O)N[C@@H](CC(=O)O)C(=O)N[C@@H](Cc1ccccc1)C(=O)N[C@H](CBr)C(N)=O. The molecule has 0 spiro atoms. The molecule has 0 saturated heterocycles. The van der Waals surface area contributed by atoms with Gasteiger partial charge in [0.15, 0.2) is 0 Å². The molecule has 14 nitrogen and oxygen atoms in total. The maximum absolute atomic E-state index is 13.4. The molecule has 3 aromatic rings. The van der Waals surface area contributed by atoms with Crippen LogP contribution in [0.3, 0.4) is 0 Å². The third kappa shape index (κ3) is 10.6. The van der Waals surface area contributed by atoms with E-state index in [0.29, 0.717) is 5.56 Å². The number of hydrogen-bond donors (Lipinski definition) is 8. The Kier molecular flexibility index (Phi) is 13.5. The highest BCUT2D eigenvalue weighted by atomic mass is 79.9. The minimum Gasteiger partial charge on any atom is -0.481 e. The zero-order valence-electron chi connectivity index (χ0n) is 26.0. The van der Waals surface area contributed by atoms with E-state index >= 15 is 0 Å². The number of aromatic nitrogens is 1. The zero-order valence-corrected chi connectivity index (χ0v) is 27.6. The summed E-state index contributed by atoms with van der Waals surface area (Å²) in [4.78, 5) is 79.7. The number of H-pyrrole nitrogens is 1. The van der Waals surface area contributed by atoms with Crippen LogP contribution in [0.1, 0.15) is 31.4 Å². The first-order chi connectivity index (χ1) is 22.3. The van der Waals surface area contributed by atoms with Crippen LogP contribution >= 0.6 is 15.9 Å². The number of hydrogen-bond acceptors (Lipinski definition) is 7. The van der Waals surface area contributed by atoms with Crippen molar-refractivity contribution in [3.8, 4) is 0 Å². The molecule has 0 radical (unpaired) electrons. The van der Waals surface area contributed by atoms with E-state index < -0.39 is 78.1 Å². The molecule has 0 bridgehead atoms. The number of carbonyl (C=O) groups is 6. The van der Waals surface area contributed by atoms with Gasteiger partial charge in [0.05, 0.1) is 12.5 Å². The van der Waals surface area contributed by atoms with Crippen molar-refractivity contribution in [1.82, 2.24) is 26.3 Å². The number of carboxylic acid groups (broad SMARTS) is 1. The Morgan fingerprint density at radius 2 is 1.38 bits per heavy atom. The minimum absolute atomic E-state index is 0.0150. The molecule has 10 N–H and O–H groups in total. The molecule has 2 aromatic carbocycles. The van der Waals surface area contributed by atoms with Crippen LogP contribution in [-0.4, -0.2) is 81.1 Å². The quantitative estimate of drug-likeness (QED) is 0.0899. The van der Waals surface area contributed by atoms with Crippen molar-refractivity contribution in [2.75, 3.05) is 5.33 Å². The minimum atomic E-state index is -1.62. The first kappa shape index (κ1) is 36.7. The van der Waals surface area contributed by atoms with E-state index in [0.717, 1.165) is 16.5 Å². The maximum Gasteiger partial charge on any atom is 0.305 e. The number of alkyl halides is 1. The lowest BCUT2D eigenvalue weighted by Crippen LogP contribution is -2.60. The van der Waals surface area contributed by atoms with E-state index in [1.54, 1.807) is 50.4 Å². The molecular formula is C32H40BrN7O7. The molecule has 0 saturated carbocycles. The summed E-state index contributed by atoms with van der Waals surface area (Å²) in [5.74, 6) is -5.81. The van der Waals surface area contributed by atoms with Gasteiger partial charge in [-0.15, -0.1) is 0 Å². The molecule has 5 atom stereocenters. The summed E-state index contributed by atoms with van der Waals surface area (Å²) in [6.45, 7) is 3.34. The Morgan fingerprint density at radius 1 is 0.787 bits per heavy atom. The molecule has 15 heteroatoms. The summed E-state index contributed by atoms with van der Waals surface area (Å²) in [5.41, 5.74) is 13.9. The fraction of sp³-hybridized carbons (Fsp3) is 0.375. The molecule has 3 rings (SSSR count). The number of aliphatic carboxylic acids is 1. The van der Waals surface area contributed by atoms with Gasteiger partial charge in [-0.1, -0.05) is 78.3 Å². The number of carboxylic acids is 1. The van der Waals surface area contributed by atoms with Crippen LogP contribution in [0.25, 0.3) is 10.9 Å². The Balaban J connectivity index is 1.74. The Labute approximate surface area is 279 Å². The van der Waals surface area contributed by atoms with E-state index in [1.165, 1.54) is 0 Å². The van der Waals surface area contributed by atoms with Gasteiger partial charge < -0.3 is 42.8 Å². The monoisotopic (exact) mass is 713 g/mol. The second-order valence-corrected chi connectivity index (χ2v) is 12.1. The van der Waals surface area contributed by atoms with Crippen LogP contribution in [0.5, 0.6) is 0 Å². The highest BCUT2D eigenvalue weighted by Crippen LogP contribution is 2.19. The third-order valence-corrected chi connectivity index (χ3v) is 8.09. The number of benzene rings is 2. The molecule has 0 aliphatic carbocycles. The number of amides is 5. The Hall–Kier alpha value is -4.76. The lowest BCUT2D eigenvalue weighted by Gasteiger charge is -2.27. The standard InChI is InChI=1S/C32H40BrN7O7/c1-17(2)27(40-29(44)21(34)13-19-16-36-22-11-7-6-10-20(19)22)32(47)38-24(14-26(41)42)31(46)37-23(12-18-8-4-3-5-9-18)30(45)39-25(15-33)28(35)43/h3-11,16-17,21,23-25,27,36H,12-15,34H2,1-2H3,(H2,35,43)(H,37,46)(H,38,47)(H,39,45)(H,40,44)(H,41,42)/t21-,23+,24+,25-,27+/m1/s1. The summed E-state index contributed by atoms with van der Waals surface area (Å²) >= 11 is 3.11. The van der Waals surface area contributed by atoms with Crippen molar-refractivity contribution in [1.29, 1.82) is 0 Å². The highest BCUT2D eigenvalue weighted by molar-refractivity contribution is 9.09. The van der Waals surface area contributed by atoms with E-state index in [2.05, 4.69) is 42.2 Å². The van der Waals surface area contributed by atoms with Crippen LogP contribution in [0.2, 0.25) is 0 Å². The lowest BCUT2D eigenvalue weighted by atomic mass is 10.00. The van der Waals surface area contributed by atoms with Crippen LogP contribution in [-0.2, 0) is 41.6 Å². The van der Waals surface area contributed by atoms with Crippen molar-refractivity contribution in [3.63, 3.8) is 0 Å². The number of nitrogens with one attached hydrogen (secondary N) is 5. The zero-order chi connectivity index (χ0) is 34.7. The number of primary amides is 1. The molecule has 1 heterocycles. The van der Waals surface area contributed by atoms with Gasteiger partial charge in [0.1, 0.15) is 24.2 Å². The Morgan fingerprint density at radius 3 is 2.00 bits per heavy atom. The van der Waals surface area contributed by atoms with Gasteiger partial charge in [-0.2, -0.15) is 0 Å². The van der Waals surface area contributed by atoms with Crippen LogP contribution in [0.4, 0.5) is 0 Å². The van der Waals surface area contributed by atoms with E-state index in [4.69, 9.17) is 11.5 Å². The van der Waals surface area contributed by atoms with Crippen molar-refractivity contribution < 1.29 is 33.9 Å². The summed E-state index contributed by atoms with van der Waals surface area (Å²) in [6.07, 6.45) is 1.11. The van der Waals surface area contributed by atoms with Gasteiger partial charge in [0, 0.05) is 28.9 Å². The molecule has 0 fully saturated rings. The molecule has 0 unspecified atom stereocenters. The van der Waals surface area contributed by atoms with E-state index in [1.807, 2.05) is 24.3 Å². The van der Waals surface area contributed by atoms with Gasteiger partial charge in [0.2, 0.25) is 29.5 Å². The fourth-order valence-electron chi connectivity index (χ4n) is 4.86. The van der Waals surface area contributed by atoms with Crippen LogP contribution in [0.15, 0.2) is 60.8 Å². The van der Waals surface area contributed by atoms with E-state index in [9.17, 15) is 33.9 Å². The predicted octanol–water partition coefficient (Wildman–Crippen LogP) is 0.231. The molecule has 5 amide bonds. The summed E-state index contributed by atoms with van der Waals surface area (Å²) in [7, 11) is 0. The lowest BCUT2D eigenvalue weighted by molar-refractivity contribution is -0.141. The van der Waals surface area contributed by atoms with Gasteiger partial charge in [0.25, 0.3) is 0 Å². The second kappa shape index (κ2) is 17.2. The third-order valence-electron chi connectivity index (χ3n) is 7.44. The number of para-hydroxylation sites is 1. The normalized spacial score (nSPS) is 14.3. The van der Waals surface area contributed by atoms with Gasteiger partial charge >= 0.3 is 5.97 Å². The predicted molar refractivity (Wildman–Crippen MR) is 178 cm³/mol. The average molecular weight is 715 g/mol. The molecule has 252 valence electrons. The first-order valence-corrected chi connectivity index (χ1v) is 16.1. The number of halogens is 1. The summed E-state index contributed by atoms with van der Waals surface area (Å²) in [5, 5.41) is 20.5. The summed E-state index contributed by atoms with van der Waals surface area (Å²) < 4.78 is 0. The number of nitrogens with two attached hydrogens (primary N) is 2. The van der Waals surface area contributed by atoms with Crippen molar-refractivity contribution in [2.24, 2.45) is 17.4 Å². The second-order valence-electron chi connectivity index (χ2n) is 11.4. The molecule has 1 aromatic heterocycles. The first-order valence-electron chi connectivity index (χ1n) is 14.9. The number of carbonyl (C=O) groups excluding carboxylic acids is 5. The van der Waals surface area contributed by atoms with E-state index in [-0.39, 0.29) is 18.2 Å². The van der Waals surface area contributed by atoms with Crippen molar-refractivity contribution in [3.05, 3.63) is 71.9 Å². The molecular weight excluding hydrogens is 674 g/mol. The van der Waals surface area contributed by atoms with Crippen molar-refractivity contribution >= 4 is 62.3 Å². The fourth-order valence-corrected chi connectivity index (χ4v) is 5.34. The van der Waals surface area contributed by atoms with Gasteiger partial charge in [-0.3, -0.25) is 28.8 Å². The van der Waals surface area contributed by atoms with Gasteiger partial charge in [-0.25, -0.2) is 0 Å². The number of rotatable bonds is 17. The van der Waals surface area contributed by atoms with Crippen LogP contribution in [0, 0.1) is 5.92 Å². The number of aromatic amines is 1. The Bertz CT molecular complexity index is 1580. The average Bonchev–Trinajstić information content (AvgIpc) is 3.43.